The van der Waals surface area contributed by atoms with Gasteiger partial charge in [0, 0.05) is 39.5 Å². The van der Waals surface area contributed by atoms with Crippen LogP contribution in [0.2, 0.25) is 0 Å². The van der Waals surface area contributed by atoms with E-state index in [0.717, 1.165) is 57.7 Å². The summed E-state index contributed by atoms with van der Waals surface area (Å²) in [6.45, 7) is 4.99. The summed E-state index contributed by atoms with van der Waals surface area (Å²) >= 11 is 0. The maximum Gasteiger partial charge on any atom is 0.490 e. The Kier molecular flexibility index (Phi) is 7.97. The second-order valence-corrected chi connectivity index (χ2v) is 7.25. The monoisotopic (exact) mass is 417 g/mol. The molecule has 2 fully saturated rings. The molecule has 29 heavy (non-hydrogen) atoms. The molecule has 0 aliphatic carbocycles. The molecule has 0 bridgehead atoms. The quantitative estimate of drug-likeness (QED) is 0.791. The van der Waals surface area contributed by atoms with E-state index < -0.39 is 12.1 Å². The fourth-order valence-electron chi connectivity index (χ4n) is 3.77. The van der Waals surface area contributed by atoms with Gasteiger partial charge in [-0.1, -0.05) is 6.07 Å². The number of carboxylic acids is 1. The van der Waals surface area contributed by atoms with Crippen molar-refractivity contribution in [2.45, 2.75) is 32.0 Å². The fourth-order valence-corrected chi connectivity index (χ4v) is 3.77. The molecule has 2 aliphatic heterocycles. The van der Waals surface area contributed by atoms with Crippen molar-refractivity contribution in [2.24, 2.45) is 5.41 Å². The standard InChI is InChI=1S/C17H25N3O2.C2HF3O2/c1-22-12-11-20-10-7-17(16(20)21)6-4-9-19(14-17)13-15-5-2-3-8-18-15;3-2(4,5)1(6)7/h2-3,5,8H,4,6-7,9-14H2,1H3;(H,6,7). The first-order chi connectivity index (χ1) is 13.7. The highest BCUT2D eigenvalue weighted by Gasteiger charge is 2.48. The maximum absolute atomic E-state index is 12.8. The molecule has 1 N–H and O–H groups in total. The molecule has 2 saturated heterocycles. The number of carbonyl (C=O) groups is 2. The van der Waals surface area contributed by atoms with Crippen molar-refractivity contribution >= 4 is 11.9 Å². The van der Waals surface area contributed by atoms with Gasteiger partial charge in [-0.2, -0.15) is 13.2 Å². The van der Waals surface area contributed by atoms with Crippen LogP contribution in [0.25, 0.3) is 0 Å². The molecule has 0 saturated carbocycles. The predicted octanol–water partition coefficient (Wildman–Crippen LogP) is 2.18. The minimum Gasteiger partial charge on any atom is -0.475 e. The van der Waals surface area contributed by atoms with Crippen LogP contribution < -0.4 is 0 Å². The van der Waals surface area contributed by atoms with Crippen LogP contribution in [0.1, 0.15) is 25.0 Å². The average molecular weight is 417 g/mol. The number of likely N-dealkylation sites (tertiary alicyclic amines) is 2. The highest BCUT2D eigenvalue weighted by Crippen LogP contribution is 2.40. The second-order valence-electron chi connectivity index (χ2n) is 7.25. The summed E-state index contributed by atoms with van der Waals surface area (Å²) in [5, 5.41) is 7.12. The molecule has 3 heterocycles. The van der Waals surface area contributed by atoms with Gasteiger partial charge in [-0.15, -0.1) is 0 Å². The number of aliphatic carboxylic acids is 1. The first kappa shape index (κ1) is 23.1. The number of rotatable bonds is 5. The second kappa shape index (κ2) is 10.0. The third kappa shape index (κ3) is 6.40. The number of nitrogens with zero attached hydrogens (tertiary/aromatic N) is 3. The largest absolute Gasteiger partial charge is 0.490 e. The number of aromatic nitrogens is 1. The lowest BCUT2D eigenvalue weighted by atomic mass is 9.78. The van der Waals surface area contributed by atoms with Crippen molar-refractivity contribution in [3.63, 3.8) is 0 Å². The Hall–Kier alpha value is -2.20. The summed E-state index contributed by atoms with van der Waals surface area (Å²) in [5.74, 6) is -2.43. The third-order valence-corrected chi connectivity index (χ3v) is 5.18. The molecule has 0 aromatic carbocycles. The molecule has 10 heteroatoms. The molecule has 1 spiro atoms. The summed E-state index contributed by atoms with van der Waals surface area (Å²) in [5.41, 5.74) is 0.919. The van der Waals surface area contributed by atoms with Gasteiger partial charge in [0.25, 0.3) is 0 Å². The molecular formula is C19H26F3N3O4. The Balaban J connectivity index is 0.000000370. The molecule has 0 radical (unpaired) electrons. The van der Waals surface area contributed by atoms with E-state index >= 15 is 0 Å². The molecule has 1 aromatic heterocycles. The van der Waals surface area contributed by atoms with Gasteiger partial charge in [0.15, 0.2) is 0 Å². The van der Waals surface area contributed by atoms with Gasteiger partial charge in [0.05, 0.1) is 17.7 Å². The summed E-state index contributed by atoms with van der Waals surface area (Å²) in [6, 6.07) is 6.02. The number of hydrogen-bond donors (Lipinski definition) is 1. The predicted molar refractivity (Wildman–Crippen MR) is 97.9 cm³/mol. The van der Waals surface area contributed by atoms with Crippen molar-refractivity contribution in [2.75, 3.05) is 39.9 Å². The first-order valence-electron chi connectivity index (χ1n) is 9.39. The summed E-state index contributed by atoms with van der Waals surface area (Å²) < 4.78 is 36.9. The summed E-state index contributed by atoms with van der Waals surface area (Å²) in [4.78, 5) is 30.5. The van der Waals surface area contributed by atoms with Crippen molar-refractivity contribution < 1.29 is 32.6 Å². The maximum atomic E-state index is 12.8. The lowest BCUT2D eigenvalue weighted by Gasteiger charge is -2.38. The topological polar surface area (TPSA) is 83.0 Å². The van der Waals surface area contributed by atoms with E-state index in [2.05, 4.69) is 16.0 Å². The number of halogens is 3. The Morgan fingerprint density at radius 2 is 2.03 bits per heavy atom. The number of amides is 1. The zero-order chi connectivity index (χ0) is 21.5. The van der Waals surface area contributed by atoms with Crippen LogP contribution in [-0.2, 0) is 20.9 Å². The van der Waals surface area contributed by atoms with Crippen molar-refractivity contribution in [1.29, 1.82) is 0 Å². The van der Waals surface area contributed by atoms with E-state index in [9.17, 15) is 18.0 Å². The first-order valence-corrected chi connectivity index (χ1v) is 9.39. The fraction of sp³-hybridized carbons (Fsp3) is 0.632. The number of hydrogen-bond acceptors (Lipinski definition) is 5. The zero-order valence-electron chi connectivity index (χ0n) is 16.3. The Bertz CT molecular complexity index is 687. The number of carbonyl (C=O) groups excluding carboxylic acids is 1. The van der Waals surface area contributed by atoms with Gasteiger partial charge >= 0.3 is 12.1 Å². The Labute approximate surface area is 167 Å². The van der Waals surface area contributed by atoms with Crippen LogP contribution in [-0.4, -0.2) is 77.8 Å². The number of methoxy groups -OCH3 is 1. The molecule has 162 valence electrons. The van der Waals surface area contributed by atoms with Crippen molar-refractivity contribution in [3.05, 3.63) is 30.1 Å². The zero-order valence-corrected chi connectivity index (χ0v) is 16.3. The lowest BCUT2D eigenvalue weighted by Crippen LogP contribution is -2.47. The molecule has 3 rings (SSSR count). The summed E-state index contributed by atoms with van der Waals surface area (Å²) in [6.07, 6.45) is -0.152. The van der Waals surface area contributed by atoms with Gasteiger partial charge < -0.3 is 14.7 Å². The SMILES string of the molecule is COCCN1CCC2(CCCN(Cc3ccccn3)C2)C1=O.O=C(O)C(F)(F)F. The van der Waals surface area contributed by atoms with Crippen LogP contribution in [0.15, 0.2) is 24.4 Å². The number of alkyl halides is 3. The van der Waals surface area contributed by atoms with Crippen molar-refractivity contribution in [1.82, 2.24) is 14.8 Å². The average Bonchev–Trinajstić information content (AvgIpc) is 2.96. The van der Waals surface area contributed by atoms with Crippen molar-refractivity contribution in [3.8, 4) is 0 Å². The number of piperidine rings is 1. The van der Waals surface area contributed by atoms with Gasteiger partial charge in [0.2, 0.25) is 5.91 Å². The lowest BCUT2D eigenvalue weighted by molar-refractivity contribution is -0.192. The van der Waals surface area contributed by atoms with E-state index in [1.807, 2.05) is 23.2 Å². The smallest absolute Gasteiger partial charge is 0.475 e. The number of carboxylic acid groups (broad SMARTS) is 1. The van der Waals surface area contributed by atoms with Crippen LogP contribution >= 0.6 is 0 Å². The Morgan fingerprint density at radius 1 is 1.31 bits per heavy atom. The molecule has 2 aliphatic rings. The molecule has 1 unspecified atom stereocenters. The van der Waals surface area contributed by atoms with Crippen LogP contribution in [0.4, 0.5) is 13.2 Å². The van der Waals surface area contributed by atoms with E-state index in [-0.39, 0.29) is 5.41 Å². The van der Waals surface area contributed by atoms with Crippen LogP contribution in [0.5, 0.6) is 0 Å². The van der Waals surface area contributed by atoms with Crippen LogP contribution in [0, 0.1) is 5.41 Å². The Morgan fingerprint density at radius 3 is 2.62 bits per heavy atom. The third-order valence-electron chi connectivity index (χ3n) is 5.18. The highest BCUT2D eigenvalue weighted by molar-refractivity contribution is 5.85. The normalized spacial score (nSPS) is 22.5. The molecular weight excluding hydrogens is 391 g/mol. The molecule has 7 nitrogen and oxygen atoms in total. The van der Waals surface area contributed by atoms with E-state index in [1.165, 1.54) is 0 Å². The molecule has 1 atom stereocenters. The molecule has 1 aromatic rings. The number of pyridine rings is 1. The van der Waals surface area contributed by atoms with E-state index in [0.29, 0.717) is 12.5 Å². The molecule has 1 amide bonds. The summed E-state index contributed by atoms with van der Waals surface area (Å²) in [7, 11) is 1.69. The van der Waals surface area contributed by atoms with Crippen LogP contribution in [0.3, 0.4) is 0 Å². The minimum absolute atomic E-state index is 0.166. The minimum atomic E-state index is -5.08. The van der Waals surface area contributed by atoms with Gasteiger partial charge in [-0.05, 0) is 37.9 Å². The highest BCUT2D eigenvalue weighted by atomic mass is 19.4. The van der Waals surface area contributed by atoms with Gasteiger partial charge in [-0.25, -0.2) is 4.79 Å². The van der Waals surface area contributed by atoms with E-state index in [1.54, 1.807) is 7.11 Å². The number of ether oxygens (including phenoxy) is 1. The van der Waals surface area contributed by atoms with Gasteiger partial charge in [-0.3, -0.25) is 14.7 Å². The van der Waals surface area contributed by atoms with E-state index in [4.69, 9.17) is 14.6 Å². The van der Waals surface area contributed by atoms with Gasteiger partial charge in [0.1, 0.15) is 0 Å².